The molecule has 2 aliphatic carbocycles. The molecule has 0 aliphatic heterocycles. The first-order valence-corrected chi connectivity index (χ1v) is 8.57. The third kappa shape index (κ3) is 4.69. The van der Waals surface area contributed by atoms with Gasteiger partial charge in [-0.05, 0) is 50.9 Å². The summed E-state index contributed by atoms with van der Waals surface area (Å²) in [6.07, 6.45) is 5.28. The molecule has 6 nitrogen and oxygen atoms in total. The molecular formula is C17H27NO5. The molecule has 5 atom stereocenters. The van der Waals surface area contributed by atoms with Gasteiger partial charge in [0.05, 0.1) is 13.2 Å². The second-order valence-electron chi connectivity index (χ2n) is 6.65. The SMILES string of the molecule is CCOC(=O)NC1CCC2C(CC[C@H](COC(C)=O)C2C=O)C1. The smallest absolute Gasteiger partial charge is 0.407 e. The van der Waals surface area contributed by atoms with E-state index >= 15 is 0 Å². The van der Waals surface area contributed by atoms with Gasteiger partial charge in [-0.2, -0.15) is 0 Å². The summed E-state index contributed by atoms with van der Waals surface area (Å²) < 4.78 is 10.1. The minimum atomic E-state index is -0.355. The fourth-order valence-electron chi connectivity index (χ4n) is 4.20. The first kappa shape index (κ1) is 17.8. The van der Waals surface area contributed by atoms with E-state index in [1.165, 1.54) is 6.92 Å². The second kappa shape index (κ2) is 8.31. The highest BCUT2D eigenvalue weighted by Gasteiger charge is 2.42. The lowest BCUT2D eigenvalue weighted by atomic mass is 9.61. The van der Waals surface area contributed by atoms with Crippen LogP contribution in [0, 0.1) is 23.7 Å². The lowest BCUT2D eigenvalue weighted by molar-refractivity contribution is -0.145. The van der Waals surface area contributed by atoms with Crippen molar-refractivity contribution in [2.45, 2.75) is 52.0 Å². The maximum absolute atomic E-state index is 11.6. The molecule has 2 rings (SSSR count). The summed E-state index contributed by atoms with van der Waals surface area (Å²) in [5.74, 6) is 0.574. The number of carbonyl (C=O) groups is 3. The van der Waals surface area contributed by atoms with E-state index in [0.29, 0.717) is 25.0 Å². The van der Waals surface area contributed by atoms with Gasteiger partial charge in [0.1, 0.15) is 6.29 Å². The maximum atomic E-state index is 11.6. The van der Waals surface area contributed by atoms with E-state index in [1.807, 2.05) is 0 Å². The van der Waals surface area contributed by atoms with Crippen molar-refractivity contribution < 1.29 is 23.9 Å². The van der Waals surface area contributed by atoms with E-state index < -0.39 is 0 Å². The Morgan fingerprint density at radius 3 is 2.61 bits per heavy atom. The molecule has 130 valence electrons. The molecule has 0 heterocycles. The molecule has 6 heteroatoms. The minimum Gasteiger partial charge on any atom is -0.466 e. The molecule has 0 aromatic carbocycles. The van der Waals surface area contributed by atoms with Crippen molar-refractivity contribution in [2.75, 3.05) is 13.2 Å². The lowest BCUT2D eigenvalue weighted by Gasteiger charge is -2.45. The van der Waals surface area contributed by atoms with Crippen LogP contribution in [-0.4, -0.2) is 37.6 Å². The summed E-state index contributed by atoms with van der Waals surface area (Å²) in [6, 6.07) is 0.132. The Hall–Kier alpha value is -1.59. The number of carbonyl (C=O) groups excluding carboxylic acids is 3. The zero-order valence-corrected chi connectivity index (χ0v) is 14.0. The number of fused-ring (bicyclic) bond motifs is 1. The molecule has 2 fully saturated rings. The first-order valence-electron chi connectivity index (χ1n) is 8.57. The highest BCUT2D eigenvalue weighted by Crippen LogP contribution is 2.45. The molecule has 2 aliphatic rings. The molecule has 0 spiro atoms. The molecule has 0 saturated heterocycles. The zero-order chi connectivity index (χ0) is 16.8. The molecule has 0 aromatic rings. The standard InChI is InChI=1S/C17H27NO5/c1-3-22-17(21)18-14-6-7-15-12(8-14)4-5-13(16(15)9-19)10-23-11(2)20/h9,12-16H,3-8,10H2,1-2H3,(H,18,21)/t12?,13-,14?,15?,16?/m1/s1. The molecule has 0 bridgehead atoms. The molecule has 1 amide bonds. The first-order chi connectivity index (χ1) is 11.0. The number of rotatable bonds is 5. The molecule has 2 saturated carbocycles. The average molecular weight is 325 g/mol. The predicted molar refractivity (Wildman–Crippen MR) is 83.7 cm³/mol. The molecule has 0 aromatic heterocycles. The minimum absolute atomic E-state index is 0.0448. The van der Waals surface area contributed by atoms with E-state index in [0.717, 1.165) is 38.4 Å². The van der Waals surface area contributed by atoms with Crippen molar-refractivity contribution in [1.29, 1.82) is 0 Å². The number of hydrogen-bond donors (Lipinski definition) is 1. The van der Waals surface area contributed by atoms with Crippen LogP contribution in [0.4, 0.5) is 4.79 Å². The number of esters is 1. The summed E-state index contributed by atoms with van der Waals surface area (Å²) in [5.41, 5.74) is 0. The number of alkyl carbamates (subject to hydrolysis) is 1. The third-order valence-corrected chi connectivity index (χ3v) is 5.24. The van der Waals surface area contributed by atoms with Crippen molar-refractivity contribution in [2.24, 2.45) is 23.7 Å². The number of amides is 1. The topological polar surface area (TPSA) is 81.7 Å². The van der Waals surface area contributed by atoms with Crippen LogP contribution in [0.5, 0.6) is 0 Å². The van der Waals surface area contributed by atoms with Crippen LogP contribution in [0.3, 0.4) is 0 Å². The van der Waals surface area contributed by atoms with Crippen LogP contribution >= 0.6 is 0 Å². The molecule has 23 heavy (non-hydrogen) atoms. The van der Waals surface area contributed by atoms with Gasteiger partial charge in [0.2, 0.25) is 0 Å². The van der Waals surface area contributed by atoms with Gasteiger partial charge in [0.15, 0.2) is 0 Å². The Morgan fingerprint density at radius 1 is 1.17 bits per heavy atom. The highest BCUT2D eigenvalue weighted by atomic mass is 16.5. The summed E-state index contributed by atoms with van der Waals surface area (Å²) in [7, 11) is 0. The van der Waals surface area contributed by atoms with Gasteiger partial charge in [-0.15, -0.1) is 0 Å². The van der Waals surface area contributed by atoms with Crippen molar-refractivity contribution in [1.82, 2.24) is 5.32 Å². The summed E-state index contributed by atoms with van der Waals surface area (Å²) in [5, 5.41) is 2.92. The summed E-state index contributed by atoms with van der Waals surface area (Å²) >= 11 is 0. The van der Waals surface area contributed by atoms with Gasteiger partial charge in [-0.25, -0.2) is 4.79 Å². The molecule has 0 radical (unpaired) electrons. The van der Waals surface area contributed by atoms with Gasteiger partial charge in [-0.3, -0.25) is 4.79 Å². The van der Waals surface area contributed by atoms with Crippen molar-refractivity contribution in [3.8, 4) is 0 Å². The van der Waals surface area contributed by atoms with Crippen LogP contribution in [0.1, 0.15) is 46.0 Å². The monoisotopic (exact) mass is 325 g/mol. The highest BCUT2D eigenvalue weighted by molar-refractivity contribution is 5.67. The van der Waals surface area contributed by atoms with Crippen molar-refractivity contribution in [3.63, 3.8) is 0 Å². The largest absolute Gasteiger partial charge is 0.466 e. The Kier molecular flexibility index (Phi) is 6.42. The predicted octanol–water partition coefficient (Wildman–Crippen LogP) is 2.31. The van der Waals surface area contributed by atoms with Crippen LogP contribution < -0.4 is 5.32 Å². The van der Waals surface area contributed by atoms with Crippen molar-refractivity contribution in [3.05, 3.63) is 0 Å². The van der Waals surface area contributed by atoms with E-state index in [2.05, 4.69) is 5.32 Å². The van der Waals surface area contributed by atoms with Crippen LogP contribution in [0.2, 0.25) is 0 Å². The Labute approximate surface area is 137 Å². The van der Waals surface area contributed by atoms with Crippen LogP contribution in [-0.2, 0) is 19.1 Å². The van der Waals surface area contributed by atoms with Gasteiger partial charge in [-0.1, -0.05) is 0 Å². The number of aldehydes is 1. The number of ether oxygens (including phenoxy) is 2. The Bertz CT molecular complexity index is 439. The second-order valence-corrected chi connectivity index (χ2v) is 6.65. The van der Waals surface area contributed by atoms with Crippen molar-refractivity contribution >= 4 is 18.3 Å². The van der Waals surface area contributed by atoms with Gasteiger partial charge in [0.25, 0.3) is 0 Å². The normalized spacial score (nSPS) is 33.2. The van der Waals surface area contributed by atoms with Crippen LogP contribution in [0.15, 0.2) is 0 Å². The number of nitrogens with one attached hydrogen (secondary N) is 1. The third-order valence-electron chi connectivity index (χ3n) is 5.24. The van der Waals surface area contributed by atoms with Gasteiger partial charge < -0.3 is 19.6 Å². The van der Waals surface area contributed by atoms with E-state index in [9.17, 15) is 14.4 Å². The van der Waals surface area contributed by atoms with Gasteiger partial charge >= 0.3 is 12.1 Å². The number of hydrogen-bond acceptors (Lipinski definition) is 5. The summed E-state index contributed by atoms with van der Waals surface area (Å²) in [4.78, 5) is 34.1. The molecule has 1 N–H and O–H groups in total. The van der Waals surface area contributed by atoms with Crippen LogP contribution in [0.25, 0.3) is 0 Å². The zero-order valence-electron chi connectivity index (χ0n) is 14.0. The van der Waals surface area contributed by atoms with E-state index in [1.54, 1.807) is 6.92 Å². The Balaban J connectivity index is 1.90. The Morgan fingerprint density at radius 2 is 1.96 bits per heavy atom. The maximum Gasteiger partial charge on any atom is 0.407 e. The molecule has 4 unspecified atom stereocenters. The lowest BCUT2D eigenvalue weighted by Crippen LogP contribution is -2.46. The van der Waals surface area contributed by atoms with E-state index in [4.69, 9.17) is 9.47 Å². The summed E-state index contributed by atoms with van der Waals surface area (Å²) in [6.45, 7) is 3.89. The molecular weight excluding hydrogens is 298 g/mol. The van der Waals surface area contributed by atoms with Gasteiger partial charge in [0, 0.05) is 24.8 Å². The fraction of sp³-hybridized carbons (Fsp3) is 0.824. The average Bonchev–Trinajstić information content (AvgIpc) is 2.52. The quantitative estimate of drug-likeness (QED) is 0.619. The fourth-order valence-corrected chi connectivity index (χ4v) is 4.20. The van der Waals surface area contributed by atoms with E-state index in [-0.39, 0.29) is 29.9 Å².